The summed E-state index contributed by atoms with van der Waals surface area (Å²) in [5, 5.41) is 7.28. The lowest BCUT2D eigenvalue weighted by atomic mass is 9.86. The number of anilines is 1. The summed E-state index contributed by atoms with van der Waals surface area (Å²) in [5.74, 6) is 0.558. The van der Waals surface area contributed by atoms with Gasteiger partial charge in [-0.25, -0.2) is 0 Å². The van der Waals surface area contributed by atoms with Gasteiger partial charge >= 0.3 is 0 Å². The Morgan fingerprint density at radius 1 is 1.30 bits per heavy atom. The summed E-state index contributed by atoms with van der Waals surface area (Å²) < 4.78 is 0. The third-order valence-electron chi connectivity index (χ3n) is 3.83. The van der Waals surface area contributed by atoms with Crippen LogP contribution < -0.4 is 10.6 Å². The maximum Gasteiger partial charge on any atom is 0.239 e. The van der Waals surface area contributed by atoms with Gasteiger partial charge < -0.3 is 10.6 Å². The minimum Gasteiger partial charge on any atom is -0.375 e. The first kappa shape index (κ1) is 15.5. The maximum absolute atomic E-state index is 12.0. The minimum absolute atomic E-state index is 0.000192. The van der Waals surface area contributed by atoms with E-state index in [1.807, 2.05) is 0 Å². The van der Waals surface area contributed by atoms with E-state index in [4.69, 9.17) is 23.2 Å². The molecule has 2 atom stereocenters. The second-order valence-electron chi connectivity index (χ2n) is 5.41. The first-order valence-electron chi connectivity index (χ1n) is 7.04. The van der Waals surface area contributed by atoms with Gasteiger partial charge in [-0.05, 0) is 37.0 Å². The summed E-state index contributed by atoms with van der Waals surface area (Å²) in [4.78, 5) is 12.0. The lowest BCUT2D eigenvalue weighted by molar-refractivity contribution is -0.120. The van der Waals surface area contributed by atoms with E-state index in [0.717, 1.165) is 6.42 Å². The zero-order chi connectivity index (χ0) is 14.5. The zero-order valence-corrected chi connectivity index (χ0v) is 13.1. The lowest BCUT2D eigenvalue weighted by Crippen LogP contribution is -2.43. The summed E-state index contributed by atoms with van der Waals surface area (Å²) in [6.45, 7) is 2.41. The van der Waals surface area contributed by atoms with Crippen molar-refractivity contribution in [2.75, 3.05) is 11.9 Å². The molecule has 110 valence electrons. The van der Waals surface area contributed by atoms with Gasteiger partial charge in [0, 0.05) is 11.1 Å². The van der Waals surface area contributed by atoms with Gasteiger partial charge in [0.05, 0.1) is 17.3 Å². The second kappa shape index (κ2) is 7.19. The van der Waals surface area contributed by atoms with E-state index >= 15 is 0 Å². The molecule has 1 amide bonds. The maximum atomic E-state index is 12.0. The van der Waals surface area contributed by atoms with Crippen molar-refractivity contribution in [3.05, 3.63) is 28.2 Å². The minimum atomic E-state index is -0.000192. The van der Waals surface area contributed by atoms with Gasteiger partial charge in [0.2, 0.25) is 5.91 Å². The quantitative estimate of drug-likeness (QED) is 0.878. The normalized spacial score (nSPS) is 22.4. The fraction of sp³-hybridized carbons (Fsp3) is 0.533. The molecular weight excluding hydrogens is 295 g/mol. The van der Waals surface area contributed by atoms with Gasteiger partial charge in [0.25, 0.3) is 0 Å². The van der Waals surface area contributed by atoms with Crippen molar-refractivity contribution < 1.29 is 4.79 Å². The van der Waals surface area contributed by atoms with Gasteiger partial charge in [-0.2, -0.15) is 0 Å². The Labute approximate surface area is 130 Å². The molecule has 1 aromatic rings. The standard InChI is InChI=1S/C15H20Cl2N2O/c1-10-4-2-3-5-13(10)19-15(20)9-18-14-8-11(16)6-7-12(14)17/h6-8,10,13,18H,2-5,9H2,1H3,(H,19,20). The number of hydrogen-bond acceptors (Lipinski definition) is 2. The van der Waals surface area contributed by atoms with Crippen LogP contribution in [0, 0.1) is 5.92 Å². The van der Waals surface area contributed by atoms with Crippen LogP contribution in [0.5, 0.6) is 0 Å². The van der Waals surface area contributed by atoms with Crippen molar-refractivity contribution in [1.82, 2.24) is 5.32 Å². The van der Waals surface area contributed by atoms with Crippen LogP contribution in [-0.4, -0.2) is 18.5 Å². The molecular formula is C15H20Cl2N2O. The fourth-order valence-corrected chi connectivity index (χ4v) is 2.95. The van der Waals surface area contributed by atoms with E-state index in [9.17, 15) is 4.79 Å². The third-order valence-corrected chi connectivity index (χ3v) is 4.39. The smallest absolute Gasteiger partial charge is 0.239 e. The Morgan fingerprint density at radius 3 is 2.80 bits per heavy atom. The third kappa shape index (κ3) is 4.29. The van der Waals surface area contributed by atoms with E-state index < -0.39 is 0 Å². The number of rotatable bonds is 4. The van der Waals surface area contributed by atoms with Gasteiger partial charge in [0.1, 0.15) is 0 Å². The highest BCUT2D eigenvalue weighted by molar-refractivity contribution is 6.35. The summed E-state index contributed by atoms with van der Waals surface area (Å²) in [6, 6.07) is 5.46. The Hall–Kier alpha value is -0.930. The van der Waals surface area contributed by atoms with Crippen LogP contribution >= 0.6 is 23.2 Å². The average molecular weight is 315 g/mol. The molecule has 1 fully saturated rings. The molecule has 0 radical (unpaired) electrons. The highest BCUT2D eigenvalue weighted by atomic mass is 35.5. The van der Waals surface area contributed by atoms with Crippen molar-refractivity contribution in [2.45, 2.75) is 38.6 Å². The number of benzene rings is 1. The fourth-order valence-electron chi connectivity index (χ4n) is 2.60. The topological polar surface area (TPSA) is 41.1 Å². The number of nitrogens with one attached hydrogen (secondary N) is 2. The van der Waals surface area contributed by atoms with Crippen molar-refractivity contribution >= 4 is 34.8 Å². The number of carbonyl (C=O) groups is 1. The van der Waals surface area contributed by atoms with Gasteiger partial charge in [-0.15, -0.1) is 0 Å². The van der Waals surface area contributed by atoms with Gasteiger partial charge in [-0.3, -0.25) is 4.79 Å². The van der Waals surface area contributed by atoms with Crippen LogP contribution in [0.2, 0.25) is 10.0 Å². The molecule has 3 nitrogen and oxygen atoms in total. The summed E-state index contributed by atoms with van der Waals surface area (Å²) in [7, 11) is 0. The number of halogens is 2. The van der Waals surface area contributed by atoms with E-state index in [2.05, 4.69) is 17.6 Å². The average Bonchev–Trinajstić information content (AvgIpc) is 2.42. The summed E-state index contributed by atoms with van der Waals surface area (Å²) in [6.07, 6.45) is 4.73. The molecule has 0 aliphatic heterocycles. The van der Waals surface area contributed by atoms with E-state index in [-0.39, 0.29) is 12.5 Å². The lowest BCUT2D eigenvalue weighted by Gasteiger charge is -2.29. The number of hydrogen-bond donors (Lipinski definition) is 2. The molecule has 0 saturated heterocycles. The second-order valence-corrected chi connectivity index (χ2v) is 6.26. The van der Waals surface area contributed by atoms with E-state index in [1.165, 1.54) is 19.3 Å². The van der Waals surface area contributed by atoms with Gasteiger partial charge in [-0.1, -0.05) is 43.0 Å². The molecule has 1 aliphatic rings. The highest BCUT2D eigenvalue weighted by Crippen LogP contribution is 2.25. The molecule has 0 aromatic heterocycles. The monoisotopic (exact) mass is 314 g/mol. The Bertz CT molecular complexity index is 479. The van der Waals surface area contributed by atoms with Crippen LogP contribution in [0.3, 0.4) is 0 Å². The zero-order valence-electron chi connectivity index (χ0n) is 11.6. The molecule has 1 aliphatic carbocycles. The van der Waals surface area contributed by atoms with E-state index in [1.54, 1.807) is 18.2 Å². The Balaban J connectivity index is 1.84. The Kier molecular flexibility index (Phi) is 5.55. The Morgan fingerprint density at radius 2 is 2.05 bits per heavy atom. The molecule has 2 N–H and O–H groups in total. The highest BCUT2D eigenvalue weighted by Gasteiger charge is 2.22. The van der Waals surface area contributed by atoms with Crippen LogP contribution in [0.15, 0.2) is 18.2 Å². The molecule has 5 heteroatoms. The van der Waals surface area contributed by atoms with Crippen LogP contribution in [0.4, 0.5) is 5.69 Å². The largest absolute Gasteiger partial charge is 0.375 e. The van der Waals surface area contributed by atoms with Crippen molar-refractivity contribution in [3.8, 4) is 0 Å². The first-order chi connectivity index (χ1) is 9.56. The predicted octanol–water partition coefficient (Wildman–Crippen LogP) is 4.10. The molecule has 20 heavy (non-hydrogen) atoms. The van der Waals surface area contributed by atoms with Crippen LogP contribution in [0.25, 0.3) is 0 Å². The van der Waals surface area contributed by atoms with Gasteiger partial charge in [0.15, 0.2) is 0 Å². The summed E-state index contributed by atoms with van der Waals surface area (Å²) in [5.41, 5.74) is 0.686. The number of carbonyl (C=O) groups excluding carboxylic acids is 1. The molecule has 1 aromatic carbocycles. The number of amides is 1. The molecule has 1 saturated carbocycles. The van der Waals surface area contributed by atoms with Crippen molar-refractivity contribution in [3.63, 3.8) is 0 Å². The SMILES string of the molecule is CC1CCCCC1NC(=O)CNc1cc(Cl)ccc1Cl. The molecule has 2 rings (SSSR count). The predicted molar refractivity (Wildman–Crippen MR) is 84.5 cm³/mol. The van der Waals surface area contributed by atoms with Crippen molar-refractivity contribution in [1.29, 1.82) is 0 Å². The summed E-state index contributed by atoms with van der Waals surface area (Å²) >= 11 is 11.9. The molecule has 0 heterocycles. The van der Waals surface area contributed by atoms with Crippen LogP contribution in [-0.2, 0) is 4.79 Å². The molecule has 2 unspecified atom stereocenters. The van der Waals surface area contributed by atoms with Crippen LogP contribution in [0.1, 0.15) is 32.6 Å². The van der Waals surface area contributed by atoms with E-state index in [0.29, 0.717) is 27.7 Å². The first-order valence-corrected chi connectivity index (χ1v) is 7.80. The van der Waals surface area contributed by atoms with Crippen molar-refractivity contribution in [2.24, 2.45) is 5.92 Å². The molecule has 0 spiro atoms. The molecule has 0 bridgehead atoms.